The number of nitro benzene ring substituents is 1. The monoisotopic (exact) mass is 488 g/mol. The highest BCUT2D eigenvalue weighted by atomic mass is 16.6. The fourth-order valence-corrected chi connectivity index (χ4v) is 4.22. The number of methoxy groups -OCH3 is 1. The van der Waals surface area contributed by atoms with Gasteiger partial charge < -0.3 is 19.5 Å². The molecule has 1 aliphatic rings. The highest BCUT2D eigenvalue weighted by Gasteiger charge is 2.46. The molecule has 0 aromatic heterocycles. The molecule has 9 heteroatoms. The van der Waals surface area contributed by atoms with E-state index < -0.39 is 28.4 Å². The molecule has 1 heterocycles. The van der Waals surface area contributed by atoms with E-state index in [0.717, 1.165) is 0 Å². The number of aliphatic hydroxyl groups excluding tert-OH is 1. The minimum Gasteiger partial charge on any atom is -0.507 e. The van der Waals surface area contributed by atoms with Crippen LogP contribution in [0.25, 0.3) is 5.76 Å². The van der Waals surface area contributed by atoms with Crippen LogP contribution in [0.3, 0.4) is 0 Å². The summed E-state index contributed by atoms with van der Waals surface area (Å²) >= 11 is 0. The van der Waals surface area contributed by atoms with E-state index >= 15 is 0 Å². The first-order valence-corrected chi connectivity index (χ1v) is 11.2. The third kappa shape index (κ3) is 4.63. The number of ketones is 1. The number of Topliss-reactive ketones (excluding diaryl/α,β-unsaturated/α-hetero) is 1. The van der Waals surface area contributed by atoms with E-state index in [1.54, 1.807) is 48.5 Å². The van der Waals surface area contributed by atoms with Crippen LogP contribution in [0.15, 0.2) is 78.4 Å². The number of benzene rings is 3. The summed E-state index contributed by atoms with van der Waals surface area (Å²) < 4.78 is 10.9. The molecule has 1 unspecified atom stereocenters. The summed E-state index contributed by atoms with van der Waals surface area (Å²) in [6.07, 6.45) is 0. The van der Waals surface area contributed by atoms with Gasteiger partial charge in [-0.25, -0.2) is 0 Å². The minimum absolute atomic E-state index is 0.0590. The molecule has 1 N–H and O–H groups in total. The first kappa shape index (κ1) is 24.5. The molecular formula is C27H24N2O7. The number of ether oxygens (including phenoxy) is 2. The lowest BCUT2D eigenvalue weighted by molar-refractivity contribution is -0.384. The number of carbonyl (C=O) groups excluding carboxylic acids is 2. The average molecular weight is 488 g/mol. The highest BCUT2D eigenvalue weighted by Crippen LogP contribution is 2.41. The quantitative estimate of drug-likeness (QED) is 0.161. The molecular weight excluding hydrogens is 464 g/mol. The lowest BCUT2D eigenvalue weighted by Gasteiger charge is -2.26. The zero-order valence-electron chi connectivity index (χ0n) is 19.7. The number of carbonyl (C=O) groups is 2. The normalized spacial score (nSPS) is 16.7. The van der Waals surface area contributed by atoms with Crippen LogP contribution >= 0.6 is 0 Å². The zero-order chi connectivity index (χ0) is 25.8. The van der Waals surface area contributed by atoms with E-state index in [1.807, 2.05) is 6.92 Å². The van der Waals surface area contributed by atoms with Gasteiger partial charge in [0.2, 0.25) is 0 Å². The van der Waals surface area contributed by atoms with Gasteiger partial charge in [-0.2, -0.15) is 0 Å². The van der Waals surface area contributed by atoms with Gasteiger partial charge in [-0.3, -0.25) is 19.7 Å². The summed E-state index contributed by atoms with van der Waals surface area (Å²) in [4.78, 5) is 38.3. The molecule has 1 fully saturated rings. The Morgan fingerprint density at radius 1 is 1.03 bits per heavy atom. The number of nitrogens with zero attached hydrogens (tertiary/aromatic N) is 2. The summed E-state index contributed by atoms with van der Waals surface area (Å²) in [6, 6.07) is 18.3. The van der Waals surface area contributed by atoms with Crippen molar-refractivity contribution in [1.82, 2.24) is 4.90 Å². The summed E-state index contributed by atoms with van der Waals surface area (Å²) in [5.41, 5.74) is 1.20. The number of aliphatic hydroxyl groups is 1. The van der Waals surface area contributed by atoms with E-state index in [0.29, 0.717) is 29.2 Å². The van der Waals surface area contributed by atoms with Crippen molar-refractivity contribution in [2.24, 2.45) is 0 Å². The minimum atomic E-state index is -0.902. The number of rotatable bonds is 8. The Morgan fingerprint density at radius 3 is 2.31 bits per heavy atom. The highest BCUT2D eigenvalue weighted by molar-refractivity contribution is 6.46. The largest absolute Gasteiger partial charge is 0.507 e. The van der Waals surface area contributed by atoms with Gasteiger partial charge in [0.25, 0.3) is 17.4 Å². The van der Waals surface area contributed by atoms with Crippen LogP contribution in [-0.4, -0.2) is 40.3 Å². The third-order valence-electron chi connectivity index (χ3n) is 5.93. The van der Waals surface area contributed by atoms with Crippen molar-refractivity contribution in [3.63, 3.8) is 0 Å². The van der Waals surface area contributed by atoms with Crippen LogP contribution < -0.4 is 9.47 Å². The fraction of sp³-hybridized carbons (Fsp3) is 0.185. The molecule has 0 bridgehead atoms. The van der Waals surface area contributed by atoms with Gasteiger partial charge in [0.05, 0.1) is 36.8 Å². The molecule has 9 nitrogen and oxygen atoms in total. The Kier molecular flexibility index (Phi) is 7.00. The van der Waals surface area contributed by atoms with Gasteiger partial charge >= 0.3 is 0 Å². The number of likely N-dealkylation sites (tertiary alicyclic amines) is 1. The zero-order valence-corrected chi connectivity index (χ0v) is 19.7. The Hall–Kier alpha value is -4.66. The lowest BCUT2D eigenvalue weighted by atomic mass is 9.95. The summed E-state index contributed by atoms with van der Waals surface area (Å²) in [5, 5.41) is 22.2. The summed E-state index contributed by atoms with van der Waals surface area (Å²) in [7, 11) is 1.52. The van der Waals surface area contributed by atoms with Gasteiger partial charge in [-0.1, -0.05) is 30.3 Å². The molecule has 0 aliphatic carbocycles. The maximum absolute atomic E-state index is 13.2. The fourth-order valence-electron chi connectivity index (χ4n) is 4.22. The van der Waals surface area contributed by atoms with E-state index in [1.165, 1.54) is 36.3 Å². The first-order chi connectivity index (χ1) is 17.3. The van der Waals surface area contributed by atoms with E-state index in [-0.39, 0.29) is 23.4 Å². The van der Waals surface area contributed by atoms with Crippen molar-refractivity contribution in [3.8, 4) is 11.5 Å². The summed E-state index contributed by atoms with van der Waals surface area (Å²) in [6.45, 7) is 2.40. The molecule has 1 saturated heterocycles. The van der Waals surface area contributed by atoms with Crippen molar-refractivity contribution in [2.75, 3.05) is 13.7 Å². The van der Waals surface area contributed by atoms with Crippen LogP contribution in [-0.2, 0) is 16.1 Å². The standard InChI is InChI=1S/C27H24N2O7/c1-3-36-21-14-10-17(11-15-21)24-23(25(30)18-8-12-20(13-9-18)29(33)34)26(31)27(32)28(24)16-19-6-4-5-7-22(19)35-2/h4-15,24,30H,3,16H2,1-2H3/b25-23-. The predicted molar refractivity (Wildman–Crippen MR) is 132 cm³/mol. The van der Waals surface area contributed by atoms with Gasteiger partial charge in [0.1, 0.15) is 17.3 Å². The third-order valence-corrected chi connectivity index (χ3v) is 5.93. The molecule has 3 aromatic rings. The van der Waals surface area contributed by atoms with Crippen LogP contribution in [0.1, 0.15) is 29.7 Å². The number of nitro groups is 1. The van der Waals surface area contributed by atoms with Gasteiger partial charge in [0, 0.05) is 23.3 Å². The summed E-state index contributed by atoms with van der Waals surface area (Å²) in [5.74, 6) is -0.856. The number of para-hydroxylation sites is 1. The first-order valence-electron chi connectivity index (χ1n) is 11.2. The van der Waals surface area contributed by atoms with Crippen molar-refractivity contribution in [2.45, 2.75) is 19.5 Å². The SMILES string of the molecule is CCOc1ccc(C2/C(=C(/O)c3ccc([N+](=O)[O-])cc3)C(=O)C(=O)N2Cc2ccccc2OC)cc1. The Bertz CT molecular complexity index is 1330. The number of non-ortho nitro benzene ring substituents is 1. The number of hydrogen-bond acceptors (Lipinski definition) is 7. The Morgan fingerprint density at radius 2 is 1.69 bits per heavy atom. The van der Waals surface area contributed by atoms with Crippen molar-refractivity contribution < 1.29 is 29.1 Å². The van der Waals surface area contributed by atoms with Crippen LogP contribution in [0, 0.1) is 10.1 Å². The molecule has 0 saturated carbocycles. The Balaban J connectivity index is 1.84. The molecule has 1 atom stereocenters. The maximum Gasteiger partial charge on any atom is 0.295 e. The molecule has 1 aliphatic heterocycles. The topological polar surface area (TPSA) is 119 Å². The van der Waals surface area contributed by atoms with Crippen LogP contribution in [0.2, 0.25) is 0 Å². The maximum atomic E-state index is 13.2. The van der Waals surface area contributed by atoms with Gasteiger partial charge in [-0.15, -0.1) is 0 Å². The van der Waals surface area contributed by atoms with E-state index in [2.05, 4.69) is 0 Å². The predicted octanol–water partition coefficient (Wildman–Crippen LogP) is 4.62. The second-order valence-corrected chi connectivity index (χ2v) is 8.04. The molecule has 3 aromatic carbocycles. The Labute approximate surface area is 207 Å². The molecule has 4 rings (SSSR count). The van der Waals surface area contributed by atoms with Gasteiger partial charge in [0.15, 0.2) is 0 Å². The molecule has 0 radical (unpaired) electrons. The van der Waals surface area contributed by atoms with Crippen LogP contribution in [0.5, 0.6) is 11.5 Å². The molecule has 0 spiro atoms. The van der Waals surface area contributed by atoms with Crippen LogP contribution in [0.4, 0.5) is 5.69 Å². The van der Waals surface area contributed by atoms with E-state index in [4.69, 9.17) is 9.47 Å². The molecule has 36 heavy (non-hydrogen) atoms. The van der Waals surface area contributed by atoms with Gasteiger partial charge in [-0.05, 0) is 42.8 Å². The number of hydrogen-bond donors (Lipinski definition) is 1. The second kappa shape index (κ2) is 10.3. The van der Waals surface area contributed by atoms with E-state index in [9.17, 15) is 24.8 Å². The second-order valence-electron chi connectivity index (χ2n) is 8.04. The molecule has 184 valence electrons. The van der Waals surface area contributed by atoms with Crippen molar-refractivity contribution in [3.05, 3.63) is 105 Å². The molecule has 1 amide bonds. The lowest BCUT2D eigenvalue weighted by Crippen LogP contribution is -2.29. The smallest absolute Gasteiger partial charge is 0.295 e. The van der Waals surface area contributed by atoms with Crippen molar-refractivity contribution >= 4 is 23.1 Å². The van der Waals surface area contributed by atoms with Crippen molar-refractivity contribution in [1.29, 1.82) is 0 Å². The number of amides is 1. The average Bonchev–Trinajstić information content (AvgIpc) is 3.14.